The van der Waals surface area contributed by atoms with Crippen LogP contribution in [0.1, 0.15) is 12.5 Å². The van der Waals surface area contributed by atoms with Gasteiger partial charge in [0.1, 0.15) is 5.54 Å². The molecule has 0 aliphatic rings. The average Bonchev–Trinajstić information content (AvgIpc) is 2.13. The van der Waals surface area contributed by atoms with Gasteiger partial charge in [-0.1, -0.05) is 0 Å². The van der Waals surface area contributed by atoms with Gasteiger partial charge in [-0.3, -0.25) is 0 Å². The van der Waals surface area contributed by atoms with Crippen LogP contribution in [0.4, 0.5) is 8.78 Å². The zero-order valence-corrected chi connectivity index (χ0v) is 7.91. The summed E-state index contributed by atoms with van der Waals surface area (Å²) in [6, 6.07) is 2.02. The number of phenolic OH excluding ortho intramolecular Hbond substituents is 3. The van der Waals surface area contributed by atoms with Crippen molar-refractivity contribution >= 4 is 0 Å². The second-order valence-electron chi connectivity index (χ2n) is 3.41. The number of hydrogen-bond donors (Lipinski definition) is 4. The maximum absolute atomic E-state index is 12.5. The Morgan fingerprint density at radius 3 is 2.20 bits per heavy atom. The summed E-state index contributed by atoms with van der Waals surface area (Å²) in [4.78, 5) is 0. The van der Waals surface area contributed by atoms with Crippen molar-refractivity contribution in [3.8, 4) is 17.2 Å². The van der Waals surface area contributed by atoms with Crippen LogP contribution in [-0.2, 0) is 5.54 Å². The van der Waals surface area contributed by atoms with E-state index in [1.54, 1.807) is 0 Å². The molecule has 1 unspecified atom stereocenters. The Morgan fingerprint density at radius 2 is 1.73 bits per heavy atom. The van der Waals surface area contributed by atoms with Crippen LogP contribution in [0.25, 0.3) is 0 Å². The summed E-state index contributed by atoms with van der Waals surface area (Å²) in [5, 5.41) is 27.5. The first-order valence-electron chi connectivity index (χ1n) is 4.10. The SMILES string of the molecule is CC(N)(c1ccc(O)c(O)c1O)C(F)F. The summed E-state index contributed by atoms with van der Waals surface area (Å²) in [7, 11) is 0. The van der Waals surface area contributed by atoms with Gasteiger partial charge in [-0.05, 0) is 19.1 Å². The Hall–Kier alpha value is -1.56. The monoisotopic (exact) mass is 219 g/mol. The lowest BCUT2D eigenvalue weighted by atomic mass is 9.92. The lowest BCUT2D eigenvalue weighted by Crippen LogP contribution is -2.40. The third kappa shape index (κ3) is 1.80. The van der Waals surface area contributed by atoms with E-state index >= 15 is 0 Å². The molecular weight excluding hydrogens is 208 g/mol. The Morgan fingerprint density at radius 1 is 1.20 bits per heavy atom. The predicted octanol–water partition coefficient (Wildman–Crippen LogP) is 1.24. The first-order valence-corrected chi connectivity index (χ1v) is 4.10. The highest BCUT2D eigenvalue weighted by Crippen LogP contribution is 2.42. The minimum atomic E-state index is -2.91. The van der Waals surface area contributed by atoms with Crippen molar-refractivity contribution in [2.75, 3.05) is 0 Å². The van der Waals surface area contributed by atoms with Crippen molar-refractivity contribution in [2.45, 2.75) is 18.9 Å². The van der Waals surface area contributed by atoms with Crippen LogP contribution in [-0.4, -0.2) is 21.7 Å². The Kier molecular flexibility index (Phi) is 2.72. The highest BCUT2D eigenvalue weighted by Gasteiger charge is 2.36. The quantitative estimate of drug-likeness (QED) is 0.564. The molecule has 5 N–H and O–H groups in total. The number of rotatable bonds is 2. The molecule has 0 fully saturated rings. The van der Waals surface area contributed by atoms with Gasteiger partial charge >= 0.3 is 0 Å². The van der Waals surface area contributed by atoms with Crippen LogP contribution in [0.5, 0.6) is 17.2 Å². The lowest BCUT2D eigenvalue weighted by molar-refractivity contribution is 0.0608. The number of benzene rings is 1. The van der Waals surface area contributed by atoms with Crippen molar-refractivity contribution in [3.63, 3.8) is 0 Å². The van der Waals surface area contributed by atoms with E-state index in [1.807, 2.05) is 0 Å². The van der Waals surface area contributed by atoms with Gasteiger partial charge < -0.3 is 21.1 Å². The largest absolute Gasteiger partial charge is 0.504 e. The molecule has 6 heteroatoms. The van der Waals surface area contributed by atoms with Crippen LogP contribution in [0.2, 0.25) is 0 Å². The summed E-state index contributed by atoms with van der Waals surface area (Å²) in [6.45, 7) is 1.02. The van der Waals surface area contributed by atoms with Crippen LogP contribution >= 0.6 is 0 Å². The molecule has 0 saturated carbocycles. The van der Waals surface area contributed by atoms with Crippen molar-refractivity contribution in [2.24, 2.45) is 5.73 Å². The molecule has 0 aromatic heterocycles. The maximum Gasteiger partial charge on any atom is 0.260 e. The van der Waals surface area contributed by atoms with E-state index < -0.39 is 29.2 Å². The molecule has 15 heavy (non-hydrogen) atoms. The molecule has 1 rings (SSSR count). The fourth-order valence-electron chi connectivity index (χ4n) is 1.12. The first-order chi connectivity index (χ1) is 6.78. The summed E-state index contributed by atoms with van der Waals surface area (Å²) in [5.74, 6) is -2.29. The minimum absolute atomic E-state index is 0.326. The van der Waals surface area contributed by atoms with Crippen molar-refractivity contribution in [3.05, 3.63) is 17.7 Å². The molecule has 84 valence electrons. The molecule has 0 heterocycles. The molecule has 1 aromatic rings. The maximum atomic E-state index is 12.5. The van der Waals surface area contributed by atoms with E-state index in [4.69, 9.17) is 15.9 Å². The van der Waals surface area contributed by atoms with Crippen molar-refractivity contribution < 1.29 is 24.1 Å². The number of nitrogens with two attached hydrogens (primary N) is 1. The van der Waals surface area contributed by atoms with E-state index in [2.05, 4.69) is 0 Å². The van der Waals surface area contributed by atoms with Gasteiger partial charge in [-0.15, -0.1) is 0 Å². The summed E-state index contributed by atoms with van der Waals surface area (Å²) in [5.41, 5.74) is 2.88. The molecule has 0 aliphatic heterocycles. The van der Waals surface area contributed by atoms with E-state index in [1.165, 1.54) is 0 Å². The van der Waals surface area contributed by atoms with Gasteiger partial charge in [-0.2, -0.15) is 0 Å². The smallest absolute Gasteiger partial charge is 0.260 e. The Labute approximate surface area is 84.6 Å². The number of aromatic hydroxyl groups is 3. The molecule has 0 spiro atoms. The Bertz CT molecular complexity index is 380. The van der Waals surface area contributed by atoms with Gasteiger partial charge in [0.2, 0.25) is 5.75 Å². The molecule has 1 aromatic carbocycles. The second kappa shape index (κ2) is 3.54. The third-order valence-electron chi connectivity index (χ3n) is 2.16. The van der Waals surface area contributed by atoms with Gasteiger partial charge in [0.05, 0.1) is 0 Å². The van der Waals surface area contributed by atoms with Gasteiger partial charge in [0.15, 0.2) is 11.5 Å². The van der Waals surface area contributed by atoms with E-state index in [0.717, 1.165) is 19.1 Å². The molecule has 0 saturated heterocycles. The third-order valence-corrected chi connectivity index (χ3v) is 2.16. The van der Waals surface area contributed by atoms with Crippen molar-refractivity contribution in [1.82, 2.24) is 0 Å². The van der Waals surface area contributed by atoms with Gasteiger partial charge in [-0.25, -0.2) is 8.78 Å². The lowest BCUT2D eigenvalue weighted by Gasteiger charge is -2.25. The average molecular weight is 219 g/mol. The van der Waals surface area contributed by atoms with Crippen LogP contribution in [0.15, 0.2) is 12.1 Å². The standard InChI is InChI=1S/C9H11F2NO3/c1-9(12,8(10)11)4-2-3-5(13)7(15)6(4)14/h2-3,8,13-15H,12H2,1H3. The van der Waals surface area contributed by atoms with E-state index in [9.17, 15) is 13.9 Å². The van der Waals surface area contributed by atoms with Crippen molar-refractivity contribution in [1.29, 1.82) is 0 Å². The van der Waals surface area contributed by atoms with Crippen LogP contribution in [0, 0.1) is 0 Å². The molecule has 0 radical (unpaired) electrons. The molecule has 4 nitrogen and oxygen atoms in total. The zero-order chi connectivity index (χ0) is 11.8. The van der Waals surface area contributed by atoms with Gasteiger partial charge in [0.25, 0.3) is 6.43 Å². The molecule has 1 atom stereocenters. The summed E-state index contributed by atoms with van der Waals surface area (Å²) < 4.78 is 25.1. The highest BCUT2D eigenvalue weighted by molar-refractivity contribution is 5.55. The normalized spacial score (nSPS) is 15.3. The van der Waals surface area contributed by atoms with E-state index in [-0.39, 0.29) is 5.56 Å². The minimum Gasteiger partial charge on any atom is -0.504 e. The number of alkyl halides is 2. The molecular formula is C9H11F2NO3. The number of halogens is 2. The summed E-state index contributed by atoms with van der Waals surface area (Å²) >= 11 is 0. The molecule has 0 amide bonds. The van der Waals surface area contributed by atoms with E-state index in [0.29, 0.717) is 0 Å². The Balaban J connectivity index is 3.34. The zero-order valence-electron chi connectivity index (χ0n) is 7.91. The number of phenols is 3. The molecule has 0 bridgehead atoms. The van der Waals surface area contributed by atoms with Crippen LogP contribution < -0.4 is 5.73 Å². The van der Waals surface area contributed by atoms with Gasteiger partial charge in [0, 0.05) is 5.56 Å². The number of hydrogen-bond acceptors (Lipinski definition) is 4. The molecule has 0 aliphatic carbocycles. The first kappa shape index (κ1) is 11.5. The summed E-state index contributed by atoms with van der Waals surface area (Å²) in [6.07, 6.45) is -2.91. The predicted molar refractivity (Wildman–Crippen MR) is 49.0 cm³/mol. The fourth-order valence-corrected chi connectivity index (χ4v) is 1.12. The second-order valence-corrected chi connectivity index (χ2v) is 3.41. The highest BCUT2D eigenvalue weighted by atomic mass is 19.3. The topological polar surface area (TPSA) is 86.7 Å². The fraction of sp³-hybridized carbons (Fsp3) is 0.333. The van der Waals surface area contributed by atoms with Crippen LogP contribution in [0.3, 0.4) is 0 Å².